The van der Waals surface area contributed by atoms with Gasteiger partial charge in [0.15, 0.2) is 5.84 Å². The van der Waals surface area contributed by atoms with E-state index in [1.54, 1.807) is 6.08 Å². The fourth-order valence-electron chi connectivity index (χ4n) is 6.23. The molecule has 1 aromatic heterocycles. The fraction of sp³-hybridized carbons (Fsp3) is 0.217. The summed E-state index contributed by atoms with van der Waals surface area (Å²) >= 11 is 0. The van der Waals surface area contributed by atoms with Crippen LogP contribution in [0.3, 0.4) is 0 Å². The maximum absolute atomic E-state index is 6.57. The van der Waals surface area contributed by atoms with Crippen molar-refractivity contribution in [2.24, 2.45) is 15.7 Å². The van der Waals surface area contributed by atoms with Crippen LogP contribution in [0.5, 0.6) is 0 Å². The maximum atomic E-state index is 6.57. The third-order valence-corrected chi connectivity index (χ3v) is 8.90. The molecule has 2 N–H and O–H groups in total. The molecule has 0 fully saturated rings. The SMILES string of the molecule is C=C/C=C\C=C(/C)C(N)=NC(=NCC(/C=C\C)=C/C)c1ccc2c(c1)C(C)(C)c1cccc3cccc(-c4ccccc4)cc(C)n-2c13.CC. The molecule has 1 aliphatic heterocycles. The number of amidine groups is 2. The van der Waals surface area contributed by atoms with Gasteiger partial charge in [0.05, 0.1) is 12.1 Å². The molecule has 4 aromatic rings. The van der Waals surface area contributed by atoms with Crippen molar-refractivity contribution < 1.29 is 0 Å². The van der Waals surface area contributed by atoms with Gasteiger partial charge in [-0.25, -0.2) is 4.99 Å². The molecule has 3 aromatic carbocycles. The highest BCUT2D eigenvalue weighted by Crippen LogP contribution is 2.44. The van der Waals surface area contributed by atoms with Crippen LogP contribution in [-0.4, -0.2) is 22.8 Å². The highest BCUT2D eigenvalue weighted by atomic mass is 15.0. The summed E-state index contributed by atoms with van der Waals surface area (Å²) in [6.45, 7) is 21.1. The van der Waals surface area contributed by atoms with E-state index in [9.17, 15) is 0 Å². The summed E-state index contributed by atoms with van der Waals surface area (Å²) in [5, 5.41) is 1.18. The molecule has 0 saturated carbocycles. The molecule has 0 amide bonds. The van der Waals surface area contributed by atoms with Gasteiger partial charge in [-0.2, -0.15) is 0 Å². The van der Waals surface area contributed by atoms with E-state index in [2.05, 4.69) is 135 Å². The van der Waals surface area contributed by atoms with E-state index < -0.39 is 0 Å². The first-order chi connectivity index (χ1) is 24.2. The molecule has 50 heavy (non-hydrogen) atoms. The predicted molar refractivity (Wildman–Crippen MR) is 219 cm³/mol. The normalized spacial score (nSPS) is 14.3. The Labute approximate surface area is 299 Å². The third kappa shape index (κ3) is 8.20. The fourth-order valence-corrected chi connectivity index (χ4v) is 6.23. The first kappa shape index (κ1) is 37.3. The first-order valence-corrected chi connectivity index (χ1v) is 17.5. The van der Waals surface area contributed by atoms with E-state index in [1.165, 1.54) is 27.6 Å². The molecule has 2 heterocycles. The van der Waals surface area contributed by atoms with Crippen molar-refractivity contribution in [1.29, 1.82) is 0 Å². The Kier molecular flexibility index (Phi) is 12.9. The lowest BCUT2D eigenvalue weighted by molar-refractivity contribution is 0.626. The molecule has 1 aliphatic rings. The Bertz CT molecular complexity index is 2080. The van der Waals surface area contributed by atoms with Crippen molar-refractivity contribution in [3.8, 4) is 16.8 Å². The van der Waals surface area contributed by atoms with Crippen LogP contribution in [0.15, 0.2) is 161 Å². The lowest BCUT2D eigenvalue weighted by Gasteiger charge is -2.36. The number of para-hydroxylation sites is 1. The monoisotopic (exact) mass is 660 g/mol. The predicted octanol–water partition coefficient (Wildman–Crippen LogP) is 11.7. The van der Waals surface area contributed by atoms with Crippen molar-refractivity contribution in [2.45, 2.75) is 60.8 Å². The Morgan fingerprint density at radius 2 is 1.56 bits per heavy atom. The number of nitrogens with two attached hydrogens (primary N) is 1. The molecule has 0 spiro atoms. The smallest absolute Gasteiger partial charge is 0.157 e. The van der Waals surface area contributed by atoms with Crippen LogP contribution in [0.4, 0.5) is 0 Å². The van der Waals surface area contributed by atoms with Gasteiger partial charge < -0.3 is 10.3 Å². The van der Waals surface area contributed by atoms with Gasteiger partial charge in [-0.15, -0.1) is 0 Å². The largest absolute Gasteiger partial charge is 0.383 e. The summed E-state index contributed by atoms with van der Waals surface area (Å²) in [5.41, 5.74) is 17.5. The lowest BCUT2D eigenvalue weighted by Crippen LogP contribution is -2.28. The molecule has 256 valence electrons. The van der Waals surface area contributed by atoms with Gasteiger partial charge in [0.1, 0.15) is 5.84 Å². The van der Waals surface area contributed by atoms with E-state index in [0.29, 0.717) is 18.2 Å². The average molecular weight is 661 g/mol. The zero-order valence-electron chi connectivity index (χ0n) is 31.0. The molecule has 5 rings (SSSR count). The van der Waals surface area contributed by atoms with E-state index >= 15 is 0 Å². The Morgan fingerprint density at radius 1 is 0.860 bits per heavy atom. The van der Waals surface area contributed by atoms with Crippen molar-refractivity contribution in [1.82, 2.24) is 4.57 Å². The van der Waals surface area contributed by atoms with Crippen molar-refractivity contribution in [2.75, 3.05) is 6.54 Å². The van der Waals surface area contributed by atoms with Gasteiger partial charge in [-0.05, 0) is 90.7 Å². The van der Waals surface area contributed by atoms with Crippen LogP contribution >= 0.6 is 0 Å². The number of hydrogen-bond donors (Lipinski definition) is 1. The molecule has 0 unspecified atom stereocenters. The van der Waals surface area contributed by atoms with Crippen molar-refractivity contribution in [3.63, 3.8) is 0 Å². The van der Waals surface area contributed by atoms with Gasteiger partial charge in [-0.3, -0.25) is 4.99 Å². The number of allylic oxidation sites excluding steroid dienone is 6. The van der Waals surface area contributed by atoms with Gasteiger partial charge in [-0.1, -0.05) is 144 Å². The van der Waals surface area contributed by atoms with Gasteiger partial charge in [0, 0.05) is 22.4 Å². The second kappa shape index (κ2) is 17.3. The standard InChI is InChI=1S/C44H46N4.C2H6/c1-8-11-13-19-31(4)42(45)47-43(46-30-33(10-3)18-9-2)37-26-27-40-39(29-37)44(6,7)38-25-17-23-35-22-16-24-36(34-20-14-12-15-21-34)28-32(5)48(40)41(35)38;1-2/h8-29H,1,30H2,2-7H3,(H2,45,46,47);1-2H3/b13-11-,18-9-,22-16?,31-19+,32-28?,33-10+,36-24?;. The van der Waals surface area contributed by atoms with Crippen molar-refractivity contribution in [3.05, 3.63) is 174 Å². The van der Waals surface area contributed by atoms with E-state index in [-0.39, 0.29) is 5.41 Å². The number of hydrogen-bond acceptors (Lipinski definition) is 1. The zero-order chi connectivity index (χ0) is 36.3. The van der Waals surface area contributed by atoms with Crippen LogP contribution in [0.1, 0.15) is 70.9 Å². The van der Waals surface area contributed by atoms with E-state index in [0.717, 1.165) is 33.7 Å². The highest BCUT2D eigenvalue weighted by molar-refractivity contribution is 6.11. The average Bonchev–Trinajstić information content (AvgIpc) is 3.20. The summed E-state index contributed by atoms with van der Waals surface area (Å²) < 4.78 is 2.42. The molecular formula is C46H52N4. The third-order valence-electron chi connectivity index (χ3n) is 8.90. The quantitative estimate of drug-likeness (QED) is 0.114. The van der Waals surface area contributed by atoms with Crippen LogP contribution < -0.4 is 5.73 Å². The minimum absolute atomic E-state index is 0.295. The summed E-state index contributed by atoms with van der Waals surface area (Å²) in [5.74, 6) is 1.03. The van der Waals surface area contributed by atoms with Gasteiger partial charge >= 0.3 is 0 Å². The minimum atomic E-state index is -0.295. The number of rotatable bonds is 8. The number of nitrogens with zero attached hydrogens (tertiary/aromatic N) is 3. The Morgan fingerprint density at radius 3 is 2.24 bits per heavy atom. The number of aliphatic imine (C=N–C) groups is 2. The highest BCUT2D eigenvalue weighted by Gasteiger charge is 2.34. The second-order valence-corrected chi connectivity index (χ2v) is 12.5. The van der Waals surface area contributed by atoms with Crippen molar-refractivity contribution >= 4 is 22.6 Å². The Balaban J connectivity index is 0.00000276. The van der Waals surface area contributed by atoms with Crippen LogP contribution in [0.2, 0.25) is 0 Å². The summed E-state index contributed by atoms with van der Waals surface area (Å²) in [6, 6.07) is 32.7. The first-order valence-electron chi connectivity index (χ1n) is 17.5. The molecular weight excluding hydrogens is 609 g/mol. The van der Waals surface area contributed by atoms with Crippen LogP contribution in [0, 0.1) is 6.92 Å². The van der Waals surface area contributed by atoms with Gasteiger partial charge in [0.2, 0.25) is 0 Å². The molecule has 0 bridgehead atoms. The summed E-state index contributed by atoms with van der Waals surface area (Å²) in [7, 11) is 0. The van der Waals surface area contributed by atoms with Gasteiger partial charge in [0.25, 0.3) is 0 Å². The number of fused-ring (bicyclic) bond motifs is 2. The van der Waals surface area contributed by atoms with Crippen LogP contribution in [-0.2, 0) is 5.41 Å². The molecule has 0 aliphatic carbocycles. The van der Waals surface area contributed by atoms with E-state index in [4.69, 9.17) is 15.7 Å². The minimum Gasteiger partial charge on any atom is -0.383 e. The number of benzene rings is 3. The molecule has 0 atom stereocenters. The molecule has 0 radical (unpaired) electrons. The maximum Gasteiger partial charge on any atom is 0.157 e. The summed E-state index contributed by atoms with van der Waals surface area (Å²) in [4.78, 5) is 9.95. The van der Waals surface area contributed by atoms with Crippen LogP contribution in [0.25, 0.3) is 27.7 Å². The van der Waals surface area contributed by atoms with E-state index in [1.807, 2.05) is 58.9 Å². The Hall–Kier alpha value is -5.48. The summed E-state index contributed by atoms with van der Waals surface area (Å²) in [6.07, 6.45) is 13.6. The number of aromatic nitrogens is 1. The number of aryl methyl sites for hydroxylation is 1. The molecule has 4 nitrogen and oxygen atoms in total. The zero-order valence-corrected chi connectivity index (χ0v) is 31.0. The molecule has 4 heteroatoms. The second-order valence-electron chi connectivity index (χ2n) is 12.5. The topological polar surface area (TPSA) is 55.7 Å². The lowest BCUT2D eigenvalue weighted by atomic mass is 9.74. The molecule has 0 saturated heterocycles.